The molecule has 2 aromatic rings. The van der Waals surface area contributed by atoms with Crippen molar-refractivity contribution >= 4 is 11.8 Å². The monoisotopic (exact) mass is 324 g/mol. The number of Topliss-reactive ketones (excluding diaryl/α,β-unsaturated/α-hetero) is 1. The summed E-state index contributed by atoms with van der Waals surface area (Å²) in [6.07, 6.45) is 7.34. The third-order valence-corrected chi connectivity index (χ3v) is 4.20. The van der Waals surface area contributed by atoms with Gasteiger partial charge in [0.2, 0.25) is 0 Å². The molecule has 0 heterocycles. The number of unbranched alkanes of at least 4 members (excludes halogenated alkanes) is 4. The lowest BCUT2D eigenvalue weighted by Gasteiger charge is -2.08. The molecule has 0 radical (unpaired) electrons. The van der Waals surface area contributed by atoms with Crippen molar-refractivity contribution in [3.63, 3.8) is 0 Å². The minimum Gasteiger partial charge on any atom is -0.475 e. The summed E-state index contributed by atoms with van der Waals surface area (Å²) < 4.78 is 0. The van der Waals surface area contributed by atoms with Crippen LogP contribution in [-0.2, 0) is 11.2 Å². The predicted octanol–water partition coefficient (Wildman–Crippen LogP) is 5.13. The first-order valence-electron chi connectivity index (χ1n) is 8.59. The molecule has 0 saturated carbocycles. The zero-order chi connectivity index (χ0) is 17.4. The van der Waals surface area contributed by atoms with E-state index in [9.17, 15) is 9.59 Å². The fraction of sp³-hybridized carbons (Fsp3) is 0.333. The predicted molar refractivity (Wildman–Crippen MR) is 96.3 cm³/mol. The van der Waals surface area contributed by atoms with Crippen molar-refractivity contribution in [3.05, 3.63) is 59.7 Å². The lowest BCUT2D eigenvalue weighted by atomic mass is 9.95. The van der Waals surface area contributed by atoms with Crippen molar-refractivity contribution in [3.8, 4) is 11.1 Å². The maximum Gasteiger partial charge on any atom is 0.377 e. The quantitative estimate of drug-likeness (QED) is 0.395. The summed E-state index contributed by atoms with van der Waals surface area (Å²) >= 11 is 0. The Morgan fingerprint density at radius 3 is 2.21 bits per heavy atom. The van der Waals surface area contributed by atoms with E-state index in [1.54, 1.807) is 18.2 Å². The molecule has 0 aromatic heterocycles. The summed E-state index contributed by atoms with van der Waals surface area (Å²) in [7, 11) is 0. The fourth-order valence-electron chi connectivity index (χ4n) is 2.83. The van der Waals surface area contributed by atoms with Crippen LogP contribution in [0.15, 0.2) is 48.5 Å². The van der Waals surface area contributed by atoms with E-state index in [4.69, 9.17) is 5.11 Å². The zero-order valence-electron chi connectivity index (χ0n) is 14.1. The second-order valence-corrected chi connectivity index (χ2v) is 6.04. The highest BCUT2D eigenvalue weighted by Gasteiger charge is 2.18. The zero-order valence-corrected chi connectivity index (χ0v) is 14.1. The molecule has 0 saturated heterocycles. The third-order valence-electron chi connectivity index (χ3n) is 4.20. The SMILES string of the molecule is CCCCCCCc1ccc(-c2ccccc2C(=O)C(=O)O)cc1. The minimum atomic E-state index is -1.42. The Morgan fingerprint density at radius 2 is 1.54 bits per heavy atom. The van der Waals surface area contributed by atoms with Crippen molar-refractivity contribution in [1.29, 1.82) is 0 Å². The second kappa shape index (κ2) is 9.02. The molecule has 0 amide bonds. The van der Waals surface area contributed by atoms with Gasteiger partial charge in [-0.3, -0.25) is 4.79 Å². The molecule has 0 fully saturated rings. The second-order valence-electron chi connectivity index (χ2n) is 6.04. The number of rotatable bonds is 9. The summed E-state index contributed by atoms with van der Waals surface area (Å²) in [6, 6.07) is 14.9. The highest BCUT2D eigenvalue weighted by Crippen LogP contribution is 2.25. The van der Waals surface area contributed by atoms with Gasteiger partial charge in [-0.15, -0.1) is 0 Å². The van der Waals surface area contributed by atoms with Crippen molar-refractivity contribution in [2.75, 3.05) is 0 Å². The molecule has 0 bridgehead atoms. The molecular weight excluding hydrogens is 300 g/mol. The van der Waals surface area contributed by atoms with Crippen LogP contribution in [0.3, 0.4) is 0 Å². The molecule has 126 valence electrons. The number of benzene rings is 2. The largest absolute Gasteiger partial charge is 0.475 e. The first kappa shape index (κ1) is 17.9. The average Bonchev–Trinajstić information content (AvgIpc) is 2.61. The molecule has 24 heavy (non-hydrogen) atoms. The minimum absolute atomic E-state index is 0.234. The number of carboxylic acid groups (broad SMARTS) is 1. The van der Waals surface area contributed by atoms with Gasteiger partial charge in [0.05, 0.1) is 0 Å². The number of ketones is 1. The van der Waals surface area contributed by atoms with E-state index in [0.29, 0.717) is 5.56 Å². The standard InChI is InChI=1S/C21H24O3/c1-2-3-4-5-6-9-16-12-14-17(15-13-16)18-10-7-8-11-19(18)20(22)21(23)24/h7-8,10-15H,2-6,9H2,1H3,(H,23,24). The van der Waals surface area contributed by atoms with Crippen LogP contribution in [0.2, 0.25) is 0 Å². The van der Waals surface area contributed by atoms with E-state index >= 15 is 0 Å². The third kappa shape index (κ3) is 4.79. The Bertz CT molecular complexity index is 686. The lowest BCUT2D eigenvalue weighted by Crippen LogP contribution is -2.13. The van der Waals surface area contributed by atoms with E-state index in [2.05, 4.69) is 19.1 Å². The van der Waals surface area contributed by atoms with Crippen molar-refractivity contribution < 1.29 is 14.7 Å². The highest BCUT2D eigenvalue weighted by atomic mass is 16.4. The van der Waals surface area contributed by atoms with Gasteiger partial charge in [0.15, 0.2) is 0 Å². The van der Waals surface area contributed by atoms with Crippen molar-refractivity contribution in [1.82, 2.24) is 0 Å². The number of aliphatic carboxylic acids is 1. The van der Waals surface area contributed by atoms with Crippen LogP contribution in [0.4, 0.5) is 0 Å². The molecule has 3 heteroatoms. The number of aryl methyl sites for hydroxylation is 1. The Kier molecular flexibility index (Phi) is 6.74. The molecule has 0 atom stereocenters. The van der Waals surface area contributed by atoms with Crippen molar-refractivity contribution in [2.24, 2.45) is 0 Å². The Balaban J connectivity index is 2.08. The Morgan fingerprint density at radius 1 is 0.875 bits per heavy atom. The maximum atomic E-state index is 11.8. The van der Waals surface area contributed by atoms with E-state index in [0.717, 1.165) is 12.0 Å². The van der Waals surface area contributed by atoms with Crippen LogP contribution in [-0.4, -0.2) is 16.9 Å². The topological polar surface area (TPSA) is 54.4 Å². The van der Waals surface area contributed by atoms with Gasteiger partial charge < -0.3 is 5.11 Å². The molecular formula is C21H24O3. The van der Waals surface area contributed by atoms with Gasteiger partial charge in [-0.05, 0) is 29.5 Å². The maximum absolute atomic E-state index is 11.8. The molecule has 3 nitrogen and oxygen atoms in total. The van der Waals surface area contributed by atoms with Crippen LogP contribution < -0.4 is 0 Å². The highest BCUT2D eigenvalue weighted by molar-refractivity contribution is 6.41. The molecule has 0 aliphatic heterocycles. The number of carbonyl (C=O) groups is 2. The number of hydrogen-bond donors (Lipinski definition) is 1. The normalized spacial score (nSPS) is 10.5. The summed E-state index contributed by atoms with van der Waals surface area (Å²) in [4.78, 5) is 22.8. The molecule has 2 aromatic carbocycles. The van der Waals surface area contributed by atoms with E-state index in [-0.39, 0.29) is 5.56 Å². The smallest absolute Gasteiger partial charge is 0.377 e. The van der Waals surface area contributed by atoms with Crippen LogP contribution >= 0.6 is 0 Å². The molecule has 1 N–H and O–H groups in total. The van der Waals surface area contributed by atoms with Crippen LogP contribution in [0.5, 0.6) is 0 Å². The summed E-state index contributed by atoms with van der Waals surface area (Å²) in [5, 5.41) is 8.96. The van der Waals surface area contributed by atoms with Crippen LogP contribution in [0, 0.1) is 0 Å². The Labute approximate surface area is 143 Å². The van der Waals surface area contributed by atoms with Gasteiger partial charge in [-0.1, -0.05) is 81.1 Å². The van der Waals surface area contributed by atoms with Gasteiger partial charge in [0.25, 0.3) is 5.78 Å². The molecule has 0 aliphatic rings. The summed E-state index contributed by atoms with van der Waals surface area (Å²) in [5.41, 5.74) is 3.05. The van der Waals surface area contributed by atoms with Crippen molar-refractivity contribution in [2.45, 2.75) is 45.4 Å². The molecule has 0 spiro atoms. The van der Waals surface area contributed by atoms with Gasteiger partial charge >= 0.3 is 5.97 Å². The van der Waals surface area contributed by atoms with Crippen LogP contribution in [0.1, 0.15) is 54.9 Å². The number of carbonyl (C=O) groups excluding carboxylic acids is 1. The number of hydrogen-bond acceptors (Lipinski definition) is 2. The molecule has 0 unspecified atom stereocenters. The fourth-order valence-corrected chi connectivity index (χ4v) is 2.83. The van der Waals surface area contributed by atoms with E-state index in [1.807, 2.05) is 18.2 Å². The summed E-state index contributed by atoms with van der Waals surface area (Å²) in [5.74, 6) is -2.29. The Hall–Kier alpha value is -2.42. The van der Waals surface area contributed by atoms with E-state index < -0.39 is 11.8 Å². The van der Waals surface area contributed by atoms with Gasteiger partial charge in [0.1, 0.15) is 0 Å². The summed E-state index contributed by atoms with van der Waals surface area (Å²) in [6.45, 7) is 2.21. The van der Waals surface area contributed by atoms with E-state index in [1.165, 1.54) is 37.7 Å². The first-order chi connectivity index (χ1) is 11.6. The lowest BCUT2D eigenvalue weighted by molar-refractivity contribution is -0.131. The molecule has 2 rings (SSSR count). The van der Waals surface area contributed by atoms with Gasteiger partial charge in [-0.25, -0.2) is 4.79 Å². The first-order valence-corrected chi connectivity index (χ1v) is 8.59. The number of carboxylic acids is 1. The average molecular weight is 324 g/mol. The van der Waals surface area contributed by atoms with Crippen LogP contribution in [0.25, 0.3) is 11.1 Å². The van der Waals surface area contributed by atoms with Gasteiger partial charge in [-0.2, -0.15) is 0 Å². The molecule has 0 aliphatic carbocycles. The van der Waals surface area contributed by atoms with Gasteiger partial charge in [0, 0.05) is 5.56 Å².